The fraction of sp³-hybridized carbons (Fsp3) is 0.579. The number of ether oxygens (including phenoxy) is 1. The number of urea groups is 1. The van der Waals surface area contributed by atoms with Crippen molar-refractivity contribution in [3.05, 3.63) is 24.3 Å². The Bertz CT molecular complexity index is 637. The number of primary amides is 1. The van der Waals surface area contributed by atoms with Gasteiger partial charge in [-0.1, -0.05) is 32.4 Å². The van der Waals surface area contributed by atoms with Gasteiger partial charge in [-0.3, -0.25) is 4.79 Å². The molecular formula is C19H30N4O3. The average Bonchev–Trinajstić information content (AvgIpc) is 2.63. The highest BCUT2D eigenvalue weighted by Gasteiger charge is 2.31. The molecular weight excluding hydrogens is 332 g/mol. The molecule has 1 aromatic rings. The SMILES string of the molecule is CC[C@H](C)[C@H](NC(N)=O)C(=O)N(C)C[C@H]1CN(CC)c2ccccc2O1. The van der Waals surface area contributed by atoms with E-state index in [1.807, 2.05) is 38.1 Å². The summed E-state index contributed by atoms with van der Waals surface area (Å²) in [5.41, 5.74) is 6.32. The van der Waals surface area contributed by atoms with Crippen molar-refractivity contribution < 1.29 is 14.3 Å². The summed E-state index contributed by atoms with van der Waals surface area (Å²) < 4.78 is 6.08. The van der Waals surface area contributed by atoms with Gasteiger partial charge in [0, 0.05) is 13.6 Å². The molecule has 1 aromatic carbocycles. The first-order chi connectivity index (χ1) is 12.4. The van der Waals surface area contributed by atoms with Gasteiger partial charge in [0.05, 0.1) is 18.8 Å². The average molecular weight is 362 g/mol. The normalized spacial score (nSPS) is 18.3. The van der Waals surface area contributed by atoms with Crippen molar-refractivity contribution in [2.24, 2.45) is 11.7 Å². The van der Waals surface area contributed by atoms with Gasteiger partial charge in [0.15, 0.2) is 0 Å². The Morgan fingerprint density at radius 1 is 1.38 bits per heavy atom. The molecule has 0 aliphatic carbocycles. The molecule has 0 radical (unpaired) electrons. The molecule has 1 aliphatic heterocycles. The van der Waals surface area contributed by atoms with Crippen LogP contribution in [0.1, 0.15) is 27.2 Å². The monoisotopic (exact) mass is 362 g/mol. The number of nitrogens with two attached hydrogens (primary N) is 1. The van der Waals surface area contributed by atoms with E-state index >= 15 is 0 Å². The predicted octanol–water partition coefficient (Wildman–Crippen LogP) is 1.82. The van der Waals surface area contributed by atoms with Crippen LogP contribution in [-0.2, 0) is 4.79 Å². The van der Waals surface area contributed by atoms with E-state index in [4.69, 9.17) is 10.5 Å². The number of amides is 3. The third kappa shape index (κ3) is 4.59. The molecule has 3 N–H and O–H groups in total. The predicted molar refractivity (Wildman–Crippen MR) is 102 cm³/mol. The summed E-state index contributed by atoms with van der Waals surface area (Å²) in [5, 5.41) is 2.58. The minimum Gasteiger partial charge on any atom is -0.485 e. The second kappa shape index (κ2) is 8.78. The summed E-state index contributed by atoms with van der Waals surface area (Å²) in [7, 11) is 1.74. The van der Waals surface area contributed by atoms with Crippen LogP contribution < -0.4 is 20.7 Å². The topological polar surface area (TPSA) is 87.9 Å². The highest BCUT2D eigenvalue weighted by molar-refractivity contribution is 5.86. The Morgan fingerprint density at radius 2 is 2.08 bits per heavy atom. The lowest BCUT2D eigenvalue weighted by Crippen LogP contribution is -2.54. The first kappa shape index (κ1) is 19.9. The van der Waals surface area contributed by atoms with Gasteiger partial charge in [-0.25, -0.2) is 4.79 Å². The van der Waals surface area contributed by atoms with Gasteiger partial charge in [-0.05, 0) is 25.0 Å². The lowest BCUT2D eigenvalue weighted by Gasteiger charge is -2.38. The zero-order chi connectivity index (χ0) is 19.3. The molecule has 2 rings (SSSR count). The molecule has 26 heavy (non-hydrogen) atoms. The van der Waals surface area contributed by atoms with Crippen molar-refractivity contribution in [3.63, 3.8) is 0 Å². The molecule has 0 bridgehead atoms. The van der Waals surface area contributed by atoms with Crippen LogP contribution in [0.15, 0.2) is 24.3 Å². The van der Waals surface area contributed by atoms with Crippen LogP contribution >= 0.6 is 0 Å². The maximum Gasteiger partial charge on any atom is 0.312 e. The van der Waals surface area contributed by atoms with Gasteiger partial charge in [0.1, 0.15) is 17.9 Å². The Labute approximate surface area is 155 Å². The Morgan fingerprint density at radius 3 is 2.69 bits per heavy atom. The van der Waals surface area contributed by atoms with E-state index in [0.717, 1.165) is 24.4 Å². The molecule has 1 aliphatic rings. The molecule has 144 valence electrons. The molecule has 1 heterocycles. The largest absolute Gasteiger partial charge is 0.485 e. The van der Waals surface area contributed by atoms with Gasteiger partial charge in [0.25, 0.3) is 0 Å². The van der Waals surface area contributed by atoms with Crippen molar-refractivity contribution >= 4 is 17.6 Å². The minimum absolute atomic E-state index is 0.00223. The lowest BCUT2D eigenvalue weighted by atomic mass is 9.98. The Hall–Kier alpha value is -2.44. The van der Waals surface area contributed by atoms with Crippen molar-refractivity contribution in [1.29, 1.82) is 0 Å². The second-order valence-electron chi connectivity index (χ2n) is 6.84. The van der Waals surface area contributed by atoms with Crippen LogP contribution in [0.4, 0.5) is 10.5 Å². The molecule has 0 aromatic heterocycles. The lowest BCUT2D eigenvalue weighted by molar-refractivity contribution is -0.134. The molecule has 0 spiro atoms. The smallest absolute Gasteiger partial charge is 0.312 e. The number of nitrogens with one attached hydrogen (secondary N) is 1. The van der Waals surface area contributed by atoms with E-state index in [9.17, 15) is 9.59 Å². The van der Waals surface area contributed by atoms with Crippen molar-refractivity contribution in [2.75, 3.05) is 31.6 Å². The van der Waals surface area contributed by atoms with Crippen LogP contribution in [0.25, 0.3) is 0 Å². The van der Waals surface area contributed by atoms with E-state index in [2.05, 4.69) is 17.1 Å². The van der Waals surface area contributed by atoms with Crippen molar-refractivity contribution in [2.45, 2.75) is 39.3 Å². The summed E-state index contributed by atoms with van der Waals surface area (Å²) in [6.07, 6.45) is 0.631. The molecule has 0 fully saturated rings. The fourth-order valence-electron chi connectivity index (χ4n) is 3.24. The van der Waals surface area contributed by atoms with Crippen LogP contribution in [0.5, 0.6) is 5.75 Å². The first-order valence-electron chi connectivity index (χ1n) is 9.18. The molecule has 7 heteroatoms. The minimum atomic E-state index is -0.683. The van der Waals surface area contributed by atoms with Crippen LogP contribution in [0, 0.1) is 5.92 Å². The van der Waals surface area contributed by atoms with E-state index < -0.39 is 12.1 Å². The molecule has 7 nitrogen and oxygen atoms in total. The number of benzene rings is 1. The van der Waals surface area contributed by atoms with Gasteiger partial charge >= 0.3 is 6.03 Å². The van der Waals surface area contributed by atoms with Crippen LogP contribution in [0.2, 0.25) is 0 Å². The van der Waals surface area contributed by atoms with Crippen LogP contribution in [0.3, 0.4) is 0 Å². The number of anilines is 1. The second-order valence-corrected chi connectivity index (χ2v) is 6.84. The Balaban J connectivity index is 2.07. The van der Waals surface area contributed by atoms with Crippen molar-refractivity contribution in [3.8, 4) is 5.75 Å². The maximum atomic E-state index is 12.8. The quantitative estimate of drug-likeness (QED) is 0.774. The summed E-state index contributed by atoms with van der Waals surface area (Å²) in [6.45, 7) is 8.03. The summed E-state index contributed by atoms with van der Waals surface area (Å²) >= 11 is 0. The van der Waals surface area contributed by atoms with Gasteiger partial charge in [-0.15, -0.1) is 0 Å². The van der Waals surface area contributed by atoms with Crippen molar-refractivity contribution in [1.82, 2.24) is 10.2 Å². The standard InChI is InChI=1S/C19H30N4O3/c1-5-13(3)17(21-19(20)25)18(24)22(4)11-14-12-23(6-2)15-9-7-8-10-16(15)26-14/h7-10,13-14,17H,5-6,11-12H2,1-4H3,(H3,20,21,25)/t13-,14-,17-/m0/s1. The van der Waals surface area contributed by atoms with E-state index in [0.29, 0.717) is 13.1 Å². The number of fused-ring (bicyclic) bond motifs is 1. The number of carbonyl (C=O) groups is 2. The number of rotatable bonds is 7. The summed E-state index contributed by atoms with van der Waals surface area (Å²) in [5.74, 6) is 0.682. The van der Waals surface area contributed by atoms with E-state index in [1.54, 1.807) is 11.9 Å². The molecule has 3 amide bonds. The molecule has 0 saturated carbocycles. The maximum absolute atomic E-state index is 12.8. The third-order valence-electron chi connectivity index (χ3n) is 4.94. The first-order valence-corrected chi connectivity index (χ1v) is 9.18. The number of carbonyl (C=O) groups excluding carboxylic acids is 2. The summed E-state index contributed by atoms with van der Waals surface area (Å²) in [4.78, 5) is 28.0. The highest BCUT2D eigenvalue weighted by Crippen LogP contribution is 2.32. The van der Waals surface area contributed by atoms with Gasteiger partial charge in [-0.2, -0.15) is 0 Å². The third-order valence-corrected chi connectivity index (χ3v) is 4.94. The zero-order valence-corrected chi connectivity index (χ0v) is 16.1. The Kier molecular flexibility index (Phi) is 6.71. The number of nitrogens with zero attached hydrogens (tertiary/aromatic N) is 2. The molecule has 3 atom stereocenters. The van der Waals surface area contributed by atoms with Crippen LogP contribution in [-0.4, -0.2) is 55.7 Å². The number of hydrogen-bond acceptors (Lipinski definition) is 4. The molecule has 0 saturated heterocycles. The fourth-order valence-corrected chi connectivity index (χ4v) is 3.24. The van der Waals surface area contributed by atoms with E-state index in [1.165, 1.54) is 0 Å². The van der Waals surface area contributed by atoms with E-state index in [-0.39, 0.29) is 17.9 Å². The van der Waals surface area contributed by atoms with Gasteiger partial charge in [0.2, 0.25) is 5.91 Å². The summed E-state index contributed by atoms with van der Waals surface area (Å²) in [6, 6.07) is 6.62. The number of hydrogen-bond donors (Lipinski definition) is 2. The molecule has 0 unspecified atom stereocenters. The number of para-hydroxylation sites is 2. The number of likely N-dealkylation sites (N-methyl/N-ethyl adjacent to an activating group) is 2. The zero-order valence-electron chi connectivity index (χ0n) is 16.1. The van der Waals surface area contributed by atoms with Gasteiger partial charge < -0.3 is 25.6 Å². The highest BCUT2D eigenvalue weighted by atomic mass is 16.5.